The molecule has 2 heterocycles. The predicted molar refractivity (Wildman–Crippen MR) is 99.2 cm³/mol. The summed E-state index contributed by atoms with van der Waals surface area (Å²) in [5.74, 6) is 0. The molecule has 1 fully saturated rings. The number of alkyl halides is 3. The van der Waals surface area contributed by atoms with E-state index in [4.69, 9.17) is 0 Å². The second kappa shape index (κ2) is 8.39. The van der Waals surface area contributed by atoms with Crippen molar-refractivity contribution in [2.24, 2.45) is 0 Å². The van der Waals surface area contributed by atoms with Crippen molar-refractivity contribution in [1.82, 2.24) is 4.98 Å². The van der Waals surface area contributed by atoms with Gasteiger partial charge in [-0.25, -0.2) is 8.42 Å². The molecule has 0 bridgehead atoms. The van der Waals surface area contributed by atoms with Gasteiger partial charge in [-0.05, 0) is 49.6 Å². The fourth-order valence-electron chi connectivity index (χ4n) is 2.86. The van der Waals surface area contributed by atoms with Crippen molar-refractivity contribution >= 4 is 33.2 Å². The first-order valence-electron chi connectivity index (χ1n) is 8.32. The molecule has 146 valence electrons. The zero-order chi connectivity index (χ0) is 19.4. The van der Waals surface area contributed by atoms with E-state index in [1.54, 1.807) is 12.4 Å². The molecule has 1 saturated heterocycles. The molecule has 1 aliphatic heterocycles. The Bertz CT molecular complexity index is 838. The first-order valence-corrected chi connectivity index (χ1v) is 10.6. The maximum Gasteiger partial charge on any atom is 0.475 e. The third-order valence-electron chi connectivity index (χ3n) is 4.16. The molecule has 1 N–H and O–H groups in total. The van der Waals surface area contributed by atoms with E-state index in [-0.39, 0.29) is 9.79 Å². The number of benzene rings is 1. The number of hydrogen-bond donors (Lipinski definition) is 1. The highest BCUT2D eigenvalue weighted by Gasteiger charge is 2.37. The first kappa shape index (κ1) is 19.8. The van der Waals surface area contributed by atoms with Gasteiger partial charge in [0.05, 0.1) is 22.5 Å². The Hall–Kier alpha value is -1.94. The fourth-order valence-corrected chi connectivity index (χ4v) is 4.36. The Kier molecular flexibility index (Phi) is 6.15. The van der Waals surface area contributed by atoms with E-state index in [0.29, 0.717) is 5.69 Å². The summed E-state index contributed by atoms with van der Waals surface area (Å²) in [4.78, 5) is 6.16. The maximum atomic E-state index is 12.6. The van der Waals surface area contributed by atoms with Crippen molar-refractivity contribution in [3.05, 3.63) is 42.7 Å². The van der Waals surface area contributed by atoms with E-state index in [2.05, 4.69) is 14.6 Å². The molecular formula is C17H18F3N3O2S2. The van der Waals surface area contributed by atoms with Crippen LogP contribution in [0.4, 0.5) is 24.5 Å². The minimum absolute atomic E-state index is 0.284. The van der Waals surface area contributed by atoms with Crippen molar-refractivity contribution in [2.45, 2.75) is 34.6 Å². The molecule has 2 aromatic rings. The molecule has 0 saturated carbocycles. The predicted octanol–water partition coefficient (Wildman–Crippen LogP) is 3.83. The standard InChI is InChI=1S/C17H18F3N3O2S2/c18-17(19,20)26(24)13-4-6-14(7-5-13)27(25)22-15-12-21-9-8-16(15)23-10-2-1-3-11-23/h4-9,12,22H,1-3,10-11H2. The lowest BCUT2D eigenvalue weighted by atomic mass is 10.1. The second-order valence-electron chi connectivity index (χ2n) is 6.00. The van der Waals surface area contributed by atoms with Gasteiger partial charge in [-0.3, -0.25) is 9.71 Å². The number of halogens is 3. The zero-order valence-electron chi connectivity index (χ0n) is 14.2. The molecule has 1 aliphatic rings. The van der Waals surface area contributed by atoms with E-state index in [1.807, 2.05) is 6.07 Å². The third kappa shape index (κ3) is 4.86. The molecule has 27 heavy (non-hydrogen) atoms. The summed E-state index contributed by atoms with van der Waals surface area (Å²) in [6.07, 6.45) is 6.60. The van der Waals surface area contributed by atoms with Crippen LogP contribution in [0.25, 0.3) is 0 Å². The number of nitrogens with zero attached hydrogens (tertiary/aromatic N) is 2. The highest BCUT2D eigenvalue weighted by molar-refractivity contribution is 7.86. The molecule has 2 atom stereocenters. The first-order chi connectivity index (χ1) is 12.9. The van der Waals surface area contributed by atoms with Crippen LogP contribution in [0.5, 0.6) is 0 Å². The number of piperidine rings is 1. The van der Waals surface area contributed by atoms with Crippen LogP contribution in [0.1, 0.15) is 19.3 Å². The van der Waals surface area contributed by atoms with Crippen molar-refractivity contribution in [3.63, 3.8) is 0 Å². The second-order valence-corrected chi connectivity index (χ2v) is 8.68. The van der Waals surface area contributed by atoms with Gasteiger partial charge in [0, 0.05) is 24.2 Å². The van der Waals surface area contributed by atoms with Gasteiger partial charge in [0.2, 0.25) is 0 Å². The van der Waals surface area contributed by atoms with Crippen LogP contribution in [-0.2, 0) is 21.8 Å². The van der Waals surface area contributed by atoms with Crippen LogP contribution in [0.2, 0.25) is 0 Å². The minimum atomic E-state index is -4.82. The molecule has 0 spiro atoms. The van der Waals surface area contributed by atoms with Crippen molar-refractivity contribution in [2.75, 3.05) is 22.7 Å². The Morgan fingerprint density at radius 3 is 2.22 bits per heavy atom. The van der Waals surface area contributed by atoms with Gasteiger partial charge < -0.3 is 4.90 Å². The molecule has 0 amide bonds. The highest BCUT2D eigenvalue weighted by Crippen LogP contribution is 2.29. The number of anilines is 2. The fraction of sp³-hybridized carbons (Fsp3) is 0.353. The number of rotatable bonds is 5. The number of aromatic nitrogens is 1. The van der Waals surface area contributed by atoms with Gasteiger partial charge >= 0.3 is 5.51 Å². The number of pyridine rings is 1. The SMILES string of the molecule is O=S(Nc1cnccc1N1CCCCC1)c1ccc(S(=O)C(F)(F)F)cc1. The maximum absolute atomic E-state index is 12.6. The summed E-state index contributed by atoms with van der Waals surface area (Å²) in [6.45, 7) is 1.81. The molecular weight excluding hydrogens is 399 g/mol. The minimum Gasteiger partial charge on any atom is -0.370 e. The van der Waals surface area contributed by atoms with Gasteiger partial charge in [-0.15, -0.1) is 0 Å². The summed E-state index contributed by atoms with van der Waals surface area (Å²) in [6, 6.07) is 6.55. The van der Waals surface area contributed by atoms with E-state index in [9.17, 15) is 21.6 Å². The quantitative estimate of drug-likeness (QED) is 0.803. The summed E-state index contributed by atoms with van der Waals surface area (Å²) in [5, 5.41) is 0. The van der Waals surface area contributed by atoms with Crippen LogP contribution in [-0.4, -0.2) is 32.0 Å². The monoisotopic (exact) mass is 417 g/mol. The Balaban J connectivity index is 1.75. The molecule has 0 radical (unpaired) electrons. The molecule has 1 aromatic carbocycles. The van der Waals surface area contributed by atoms with E-state index < -0.39 is 27.3 Å². The third-order valence-corrected chi connectivity index (χ3v) is 6.39. The smallest absolute Gasteiger partial charge is 0.370 e. The lowest BCUT2D eigenvalue weighted by molar-refractivity contribution is -0.0384. The van der Waals surface area contributed by atoms with Crippen molar-refractivity contribution in [1.29, 1.82) is 0 Å². The van der Waals surface area contributed by atoms with Crippen molar-refractivity contribution < 1.29 is 21.6 Å². The van der Waals surface area contributed by atoms with Gasteiger partial charge in [0.15, 0.2) is 10.8 Å². The zero-order valence-corrected chi connectivity index (χ0v) is 15.9. The van der Waals surface area contributed by atoms with Gasteiger partial charge in [-0.2, -0.15) is 13.2 Å². The average molecular weight is 417 g/mol. The summed E-state index contributed by atoms with van der Waals surface area (Å²) < 4.78 is 64.4. The normalized spacial score (nSPS) is 17.4. The van der Waals surface area contributed by atoms with Crippen LogP contribution >= 0.6 is 0 Å². The van der Waals surface area contributed by atoms with Crippen LogP contribution < -0.4 is 9.62 Å². The van der Waals surface area contributed by atoms with E-state index in [1.165, 1.54) is 18.6 Å². The largest absolute Gasteiger partial charge is 0.475 e. The molecule has 3 rings (SSSR count). The van der Waals surface area contributed by atoms with Crippen LogP contribution in [0, 0.1) is 0 Å². The Morgan fingerprint density at radius 1 is 0.963 bits per heavy atom. The lowest BCUT2D eigenvalue weighted by Crippen LogP contribution is -2.30. The van der Waals surface area contributed by atoms with Gasteiger partial charge in [0.25, 0.3) is 0 Å². The summed E-state index contributed by atoms with van der Waals surface area (Å²) in [7, 11) is -4.79. The van der Waals surface area contributed by atoms with Crippen LogP contribution in [0.15, 0.2) is 52.5 Å². The highest BCUT2D eigenvalue weighted by atomic mass is 32.2. The van der Waals surface area contributed by atoms with Crippen molar-refractivity contribution in [3.8, 4) is 0 Å². The topological polar surface area (TPSA) is 62.3 Å². The average Bonchev–Trinajstić information content (AvgIpc) is 2.68. The van der Waals surface area contributed by atoms with Crippen LogP contribution in [0.3, 0.4) is 0 Å². The van der Waals surface area contributed by atoms with E-state index in [0.717, 1.165) is 43.8 Å². The van der Waals surface area contributed by atoms with E-state index >= 15 is 0 Å². The molecule has 0 aliphatic carbocycles. The summed E-state index contributed by atoms with van der Waals surface area (Å²) in [5.41, 5.74) is -3.33. The molecule has 10 heteroatoms. The lowest BCUT2D eigenvalue weighted by Gasteiger charge is -2.30. The molecule has 2 unspecified atom stereocenters. The van der Waals surface area contributed by atoms with Gasteiger partial charge in [0.1, 0.15) is 11.0 Å². The van der Waals surface area contributed by atoms with Gasteiger partial charge in [-0.1, -0.05) is 0 Å². The Labute approximate surface area is 160 Å². The summed E-state index contributed by atoms with van der Waals surface area (Å²) >= 11 is 0. The number of nitrogens with one attached hydrogen (secondary N) is 1. The Morgan fingerprint density at radius 2 is 1.59 bits per heavy atom. The molecule has 5 nitrogen and oxygen atoms in total. The number of hydrogen-bond acceptors (Lipinski definition) is 4. The molecule has 1 aromatic heterocycles.